The van der Waals surface area contributed by atoms with E-state index in [4.69, 9.17) is 19.0 Å². The number of nitrogens with one attached hydrogen (secondary N) is 1. The van der Waals surface area contributed by atoms with Gasteiger partial charge in [-0.05, 0) is 19.9 Å². The molecule has 0 aromatic heterocycles. The molecule has 0 atom stereocenters. The molecule has 0 saturated carbocycles. The number of nitrogens with two attached hydrogens (primary N) is 1. The van der Waals surface area contributed by atoms with Crippen molar-refractivity contribution >= 4 is 8.80 Å². The summed E-state index contributed by atoms with van der Waals surface area (Å²) in [5.74, 6) is 0. The van der Waals surface area contributed by atoms with Crippen LogP contribution in [0.5, 0.6) is 0 Å². The van der Waals surface area contributed by atoms with Gasteiger partial charge < -0.3 is 24.3 Å². The van der Waals surface area contributed by atoms with Gasteiger partial charge in [-0.25, -0.2) is 0 Å². The van der Waals surface area contributed by atoms with Crippen LogP contribution in [0.3, 0.4) is 0 Å². The van der Waals surface area contributed by atoms with Crippen LogP contribution in [0, 0.1) is 0 Å². The fourth-order valence-electron chi connectivity index (χ4n) is 1.61. The second kappa shape index (κ2) is 7.32. The second-order valence-electron chi connectivity index (χ2n) is 3.46. The lowest BCUT2D eigenvalue weighted by Gasteiger charge is -2.22. The van der Waals surface area contributed by atoms with Gasteiger partial charge >= 0.3 is 8.80 Å². The Morgan fingerprint density at radius 3 is 2.67 bits per heavy atom. The zero-order valence-corrected chi connectivity index (χ0v) is 10.5. The van der Waals surface area contributed by atoms with Crippen molar-refractivity contribution in [2.24, 2.45) is 5.73 Å². The Balaban J connectivity index is 2.14. The summed E-state index contributed by atoms with van der Waals surface area (Å²) in [5.41, 5.74) is 5.38. The minimum absolute atomic E-state index is 0.669. The summed E-state index contributed by atoms with van der Waals surface area (Å²) < 4.78 is 16.9. The molecule has 1 rings (SSSR count). The molecule has 90 valence electrons. The first-order valence-corrected chi connectivity index (χ1v) is 7.59. The monoisotopic (exact) mass is 234 g/mol. The van der Waals surface area contributed by atoms with E-state index < -0.39 is 8.80 Å². The minimum Gasteiger partial charge on any atom is -0.374 e. The fraction of sp³-hybridized carbons (Fsp3) is 1.00. The van der Waals surface area contributed by atoms with Crippen molar-refractivity contribution < 1.29 is 13.3 Å². The van der Waals surface area contributed by atoms with Crippen LogP contribution in [0.25, 0.3) is 0 Å². The lowest BCUT2D eigenvalue weighted by atomic mass is 10.5. The number of hydrogen-bond acceptors (Lipinski definition) is 5. The molecule has 0 spiro atoms. The normalized spacial score (nSPS) is 19.6. The number of rotatable bonds is 8. The molecular formula is C9H22N2O3Si. The third-order valence-corrected chi connectivity index (χ3v) is 5.23. The van der Waals surface area contributed by atoms with E-state index in [0.717, 1.165) is 25.6 Å². The molecule has 1 saturated heterocycles. The van der Waals surface area contributed by atoms with Crippen molar-refractivity contribution in [1.29, 1.82) is 0 Å². The van der Waals surface area contributed by atoms with Crippen LogP contribution >= 0.6 is 0 Å². The Kier molecular flexibility index (Phi) is 6.38. The van der Waals surface area contributed by atoms with Crippen molar-refractivity contribution in [2.45, 2.75) is 19.4 Å². The average molecular weight is 234 g/mol. The zero-order chi connectivity index (χ0) is 11.0. The Morgan fingerprint density at radius 2 is 2.07 bits per heavy atom. The van der Waals surface area contributed by atoms with Crippen LogP contribution in [0.1, 0.15) is 13.3 Å². The Morgan fingerprint density at radius 1 is 1.33 bits per heavy atom. The van der Waals surface area contributed by atoms with Gasteiger partial charge in [0.1, 0.15) is 0 Å². The van der Waals surface area contributed by atoms with Gasteiger partial charge in [0.25, 0.3) is 0 Å². The van der Waals surface area contributed by atoms with Gasteiger partial charge in [0.2, 0.25) is 0 Å². The maximum Gasteiger partial charge on any atom is 0.501 e. The van der Waals surface area contributed by atoms with Crippen LogP contribution in [0.15, 0.2) is 0 Å². The molecule has 0 bridgehead atoms. The highest BCUT2D eigenvalue weighted by atomic mass is 28.4. The Hall–Kier alpha value is 0.0169. The SMILES string of the molecule is CCO[Si]1(CCCNCCN)OCCO1. The highest BCUT2D eigenvalue weighted by molar-refractivity contribution is 6.61. The smallest absolute Gasteiger partial charge is 0.374 e. The van der Waals surface area contributed by atoms with Gasteiger partial charge in [-0.15, -0.1) is 0 Å². The van der Waals surface area contributed by atoms with Crippen molar-refractivity contribution in [3.05, 3.63) is 0 Å². The van der Waals surface area contributed by atoms with E-state index in [1.165, 1.54) is 0 Å². The minimum atomic E-state index is -2.26. The molecule has 1 aliphatic heterocycles. The molecular weight excluding hydrogens is 212 g/mol. The summed E-state index contributed by atoms with van der Waals surface area (Å²) >= 11 is 0. The summed E-state index contributed by atoms with van der Waals surface area (Å²) in [6, 6.07) is 0.901. The third kappa shape index (κ3) is 4.58. The van der Waals surface area contributed by atoms with Crippen LogP contribution in [-0.2, 0) is 13.3 Å². The summed E-state index contributed by atoms with van der Waals surface area (Å²) in [6.45, 7) is 6.51. The fourth-order valence-corrected chi connectivity index (χ4v) is 4.13. The Labute approximate surface area is 92.6 Å². The van der Waals surface area contributed by atoms with Gasteiger partial charge in [0.05, 0.1) is 13.2 Å². The maximum atomic E-state index is 5.64. The molecule has 1 heterocycles. The van der Waals surface area contributed by atoms with Crippen molar-refractivity contribution in [3.63, 3.8) is 0 Å². The van der Waals surface area contributed by atoms with E-state index in [1.807, 2.05) is 6.92 Å². The van der Waals surface area contributed by atoms with Gasteiger partial charge in [-0.2, -0.15) is 0 Å². The highest BCUT2D eigenvalue weighted by Gasteiger charge is 2.43. The lowest BCUT2D eigenvalue weighted by Crippen LogP contribution is -2.41. The van der Waals surface area contributed by atoms with Crippen molar-refractivity contribution in [1.82, 2.24) is 5.32 Å². The molecule has 5 nitrogen and oxygen atoms in total. The van der Waals surface area contributed by atoms with Crippen molar-refractivity contribution in [3.8, 4) is 0 Å². The summed E-state index contributed by atoms with van der Waals surface area (Å²) in [7, 11) is -2.26. The topological polar surface area (TPSA) is 65.7 Å². The van der Waals surface area contributed by atoms with E-state index in [2.05, 4.69) is 5.32 Å². The molecule has 0 aromatic carbocycles. The first-order valence-electron chi connectivity index (χ1n) is 5.65. The summed E-state index contributed by atoms with van der Waals surface area (Å²) in [4.78, 5) is 0. The van der Waals surface area contributed by atoms with Crippen LogP contribution in [0.4, 0.5) is 0 Å². The standard InChI is InChI=1S/C9H22N2O3Si/c1-2-12-15(13-7-8-14-15)9-3-5-11-6-4-10/h11H,2-10H2,1H3. The second-order valence-corrected chi connectivity index (χ2v) is 6.19. The number of hydrogen-bond donors (Lipinski definition) is 2. The molecule has 0 aliphatic carbocycles. The van der Waals surface area contributed by atoms with E-state index in [9.17, 15) is 0 Å². The molecule has 1 fully saturated rings. The predicted molar refractivity (Wildman–Crippen MR) is 60.6 cm³/mol. The molecule has 0 aromatic rings. The highest BCUT2D eigenvalue weighted by Crippen LogP contribution is 2.21. The third-order valence-electron chi connectivity index (χ3n) is 2.25. The molecule has 3 N–H and O–H groups in total. The first-order chi connectivity index (χ1) is 7.33. The van der Waals surface area contributed by atoms with E-state index in [-0.39, 0.29) is 0 Å². The molecule has 0 unspecified atom stereocenters. The quantitative estimate of drug-likeness (QED) is 0.455. The van der Waals surface area contributed by atoms with Gasteiger partial charge in [-0.3, -0.25) is 0 Å². The lowest BCUT2D eigenvalue weighted by molar-refractivity contribution is 0.148. The predicted octanol–water partition coefficient (Wildman–Crippen LogP) is -0.0530. The summed E-state index contributed by atoms with van der Waals surface area (Å²) in [5, 5.41) is 3.25. The van der Waals surface area contributed by atoms with Gasteiger partial charge in [-0.1, -0.05) is 0 Å². The van der Waals surface area contributed by atoms with Crippen LogP contribution < -0.4 is 11.1 Å². The Bertz CT molecular complexity index is 165. The largest absolute Gasteiger partial charge is 0.501 e. The first kappa shape index (κ1) is 13.1. The van der Waals surface area contributed by atoms with E-state index >= 15 is 0 Å². The van der Waals surface area contributed by atoms with Gasteiger partial charge in [0.15, 0.2) is 0 Å². The molecule has 6 heteroatoms. The van der Waals surface area contributed by atoms with E-state index in [0.29, 0.717) is 26.4 Å². The van der Waals surface area contributed by atoms with Crippen LogP contribution in [-0.4, -0.2) is 48.3 Å². The van der Waals surface area contributed by atoms with E-state index in [1.54, 1.807) is 0 Å². The van der Waals surface area contributed by atoms with Crippen molar-refractivity contribution in [2.75, 3.05) is 39.5 Å². The summed E-state index contributed by atoms with van der Waals surface area (Å²) in [6.07, 6.45) is 1.02. The molecule has 1 aliphatic rings. The zero-order valence-electron chi connectivity index (χ0n) is 9.46. The molecule has 0 amide bonds. The van der Waals surface area contributed by atoms with Crippen LogP contribution in [0.2, 0.25) is 6.04 Å². The maximum absolute atomic E-state index is 5.64. The molecule has 15 heavy (non-hydrogen) atoms. The average Bonchev–Trinajstić information content (AvgIpc) is 2.67. The molecule has 0 radical (unpaired) electrons. The van der Waals surface area contributed by atoms with Gasteiger partial charge in [0, 0.05) is 25.7 Å².